The predicted molar refractivity (Wildman–Crippen MR) is 113 cm³/mol. The molecule has 30 heavy (non-hydrogen) atoms. The molecule has 2 aliphatic heterocycles. The van der Waals surface area contributed by atoms with Crippen molar-refractivity contribution in [2.45, 2.75) is 51.5 Å². The van der Waals surface area contributed by atoms with Gasteiger partial charge in [-0.15, -0.1) is 0 Å². The summed E-state index contributed by atoms with van der Waals surface area (Å²) in [6.45, 7) is 7.10. The molecule has 2 aliphatic rings. The van der Waals surface area contributed by atoms with Gasteiger partial charge in [0.15, 0.2) is 17.5 Å². The Hall–Kier alpha value is -2.84. The van der Waals surface area contributed by atoms with Crippen molar-refractivity contribution in [3.05, 3.63) is 53.5 Å². The van der Waals surface area contributed by atoms with Gasteiger partial charge in [0, 0.05) is 30.5 Å². The van der Waals surface area contributed by atoms with Gasteiger partial charge in [-0.2, -0.15) is 0 Å². The van der Waals surface area contributed by atoms with E-state index in [9.17, 15) is 9.90 Å². The van der Waals surface area contributed by atoms with Gasteiger partial charge in [-0.1, -0.05) is 11.2 Å². The summed E-state index contributed by atoms with van der Waals surface area (Å²) >= 11 is 0. The van der Waals surface area contributed by atoms with Crippen molar-refractivity contribution in [2.75, 3.05) is 18.0 Å². The molecule has 2 atom stereocenters. The van der Waals surface area contributed by atoms with Crippen LogP contribution in [0.15, 0.2) is 41.8 Å². The largest absolute Gasteiger partial charge is 0.381 e. The lowest BCUT2D eigenvalue weighted by Crippen LogP contribution is -2.48. The Morgan fingerprint density at radius 1 is 1.30 bits per heavy atom. The van der Waals surface area contributed by atoms with Crippen molar-refractivity contribution in [3.63, 3.8) is 0 Å². The summed E-state index contributed by atoms with van der Waals surface area (Å²) in [6.07, 6.45) is 4.31. The van der Waals surface area contributed by atoms with E-state index in [1.54, 1.807) is 38.4 Å². The van der Waals surface area contributed by atoms with Crippen LogP contribution in [0.4, 0.5) is 5.82 Å². The second-order valence-corrected chi connectivity index (χ2v) is 8.27. The van der Waals surface area contributed by atoms with Gasteiger partial charge in [-0.3, -0.25) is 9.78 Å². The Labute approximate surface area is 176 Å². The van der Waals surface area contributed by atoms with Crippen LogP contribution in [0.5, 0.6) is 0 Å². The van der Waals surface area contributed by atoms with Gasteiger partial charge in [0.1, 0.15) is 5.82 Å². The molecule has 2 aromatic rings. The van der Waals surface area contributed by atoms with E-state index in [-0.39, 0.29) is 17.5 Å². The summed E-state index contributed by atoms with van der Waals surface area (Å²) in [5, 5.41) is 18.6. The molecule has 0 saturated carbocycles. The number of nitrogens with one attached hydrogen (secondary N) is 1. The van der Waals surface area contributed by atoms with Crippen LogP contribution in [0.3, 0.4) is 0 Å². The highest BCUT2D eigenvalue weighted by Crippen LogP contribution is 2.30. The number of carbonyl (C=O) groups excluding carboxylic acids is 1. The van der Waals surface area contributed by atoms with Crippen LogP contribution < -0.4 is 10.2 Å². The lowest BCUT2D eigenvalue weighted by molar-refractivity contribution is -0.128. The van der Waals surface area contributed by atoms with E-state index in [1.165, 1.54) is 0 Å². The van der Waals surface area contributed by atoms with Crippen LogP contribution in [0.2, 0.25) is 0 Å². The summed E-state index contributed by atoms with van der Waals surface area (Å²) in [4.78, 5) is 28.6. The number of hydrogen-bond acceptors (Lipinski definition) is 8. The molecule has 1 unspecified atom stereocenters. The zero-order valence-corrected chi connectivity index (χ0v) is 17.5. The van der Waals surface area contributed by atoms with E-state index < -0.39 is 11.8 Å². The average Bonchev–Trinajstić information content (AvgIpc) is 3.03. The van der Waals surface area contributed by atoms with Crippen LogP contribution in [0.25, 0.3) is 0 Å². The number of nitrogens with zero attached hydrogens (tertiary/aromatic N) is 4. The highest BCUT2D eigenvalue weighted by atomic mass is 16.7. The molecule has 4 rings (SSSR count). The fourth-order valence-electron chi connectivity index (χ4n) is 3.86. The Morgan fingerprint density at radius 2 is 2.13 bits per heavy atom. The Balaban J connectivity index is 1.62. The molecule has 0 spiro atoms. The first-order valence-corrected chi connectivity index (χ1v) is 10.2. The number of piperidine rings is 1. The third-order valence-corrected chi connectivity index (χ3v) is 5.61. The molecule has 0 amide bonds. The SMILES string of the molecule is Cc1cccnc1N(C(O)c1ccc(C2=NOC(C)(C)C2=O)cn1)[C@@H]1CCCNC1. The van der Waals surface area contributed by atoms with E-state index in [0.29, 0.717) is 11.3 Å². The first-order chi connectivity index (χ1) is 14.4. The minimum Gasteiger partial charge on any atom is -0.381 e. The maximum absolute atomic E-state index is 12.4. The highest BCUT2D eigenvalue weighted by Gasteiger charge is 2.40. The number of anilines is 1. The predicted octanol–water partition coefficient (Wildman–Crippen LogP) is 2.12. The number of pyridine rings is 2. The van der Waals surface area contributed by atoms with Gasteiger partial charge in [0.2, 0.25) is 5.78 Å². The zero-order valence-electron chi connectivity index (χ0n) is 17.5. The number of aliphatic hydroxyl groups excluding tert-OH is 1. The average molecular weight is 409 g/mol. The minimum absolute atomic E-state index is 0.0961. The molecule has 0 bridgehead atoms. The Bertz CT molecular complexity index is 952. The summed E-state index contributed by atoms with van der Waals surface area (Å²) in [5.41, 5.74) is 1.34. The number of Topliss-reactive ketones (excluding diaryl/α,β-unsaturated/α-hetero) is 1. The summed E-state index contributed by atoms with van der Waals surface area (Å²) in [7, 11) is 0. The van der Waals surface area contributed by atoms with E-state index in [0.717, 1.165) is 37.3 Å². The fraction of sp³-hybridized carbons (Fsp3) is 0.455. The first kappa shape index (κ1) is 20.4. The Kier molecular flexibility index (Phi) is 5.53. The molecule has 158 valence electrons. The van der Waals surface area contributed by atoms with Gasteiger partial charge in [0.05, 0.1) is 5.69 Å². The van der Waals surface area contributed by atoms with Crippen LogP contribution >= 0.6 is 0 Å². The number of ketones is 1. The maximum atomic E-state index is 12.4. The number of aliphatic hydroxyl groups is 1. The maximum Gasteiger partial charge on any atom is 0.230 e. The van der Waals surface area contributed by atoms with Gasteiger partial charge >= 0.3 is 0 Å². The lowest BCUT2D eigenvalue weighted by Gasteiger charge is -2.39. The molecule has 0 aliphatic carbocycles. The summed E-state index contributed by atoms with van der Waals surface area (Å²) in [6, 6.07) is 7.44. The molecule has 4 heterocycles. The van der Waals surface area contributed by atoms with E-state index in [1.807, 2.05) is 24.0 Å². The normalized spacial score (nSPS) is 21.7. The number of hydrogen-bond donors (Lipinski definition) is 2. The van der Waals surface area contributed by atoms with Crippen molar-refractivity contribution in [1.82, 2.24) is 15.3 Å². The molecule has 8 nitrogen and oxygen atoms in total. The molecule has 2 aromatic heterocycles. The van der Waals surface area contributed by atoms with Crippen LogP contribution in [0.1, 0.15) is 49.7 Å². The molecule has 1 fully saturated rings. The van der Waals surface area contributed by atoms with Crippen molar-refractivity contribution in [2.24, 2.45) is 5.16 Å². The van der Waals surface area contributed by atoms with Crippen molar-refractivity contribution >= 4 is 17.3 Å². The number of aromatic nitrogens is 2. The second-order valence-electron chi connectivity index (χ2n) is 8.27. The smallest absolute Gasteiger partial charge is 0.230 e. The van der Waals surface area contributed by atoms with Crippen LogP contribution in [0, 0.1) is 6.92 Å². The first-order valence-electron chi connectivity index (χ1n) is 10.2. The highest BCUT2D eigenvalue weighted by molar-refractivity contribution is 6.49. The van der Waals surface area contributed by atoms with Crippen LogP contribution in [-0.4, -0.2) is 51.3 Å². The fourth-order valence-corrected chi connectivity index (χ4v) is 3.86. The van der Waals surface area contributed by atoms with Gasteiger partial charge < -0.3 is 20.2 Å². The monoisotopic (exact) mass is 409 g/mol. The molecule has 0 aromatic carbocycles. The standard InChI is InChI=1S/C22H27N5O3/c1-14-6-4-11-24-20(14)27(16-7-5-10-23-13-16)21(29)17-9-8-15(12-25-17)18-19(28)22(2,3)30-26-18/h4,6,8-9,11-12,16,21,23,29H,5,7,10,13H2,1-3H3/t16-,21?/m1/s1. The summed E-state index contributed by atoms with van der Waals surface area (Å²) < 4.78 is 0. The molecular formula is C22H27N5O3. The van der Waals surface area contributed by atoms with E-state index in [4.69, 9.17) is 4.84 Å². The molecule has 8 heteroatoms. The number of carbonyl (C=O) groups is 1. The molecule has 1 saturated heterocycles. The van der Waals surface area contributed by atoms with Crippen LogP contribution in [-0.2, 0) is 9.63 Å². The van der Waals surface area contributed by atoms with Gasteiger partial charge in [0.25, 0.3) is 0 Å². The third kappa shape index (κ3) is 3.80. The minimum atomic E-state index is -0.966. The molecular weight excluding hydrogens is 382 g/mol. The van der Waals surface area contributed by atoms with Crippen molar-refractivity contribution < 1.29 is 14.7 Å². The number of rotatable bonds is 5. The number of aryl methyl sites for hydroxylation is 1. The third-order valence-electron chi connectivity index (χ3n) is 5.61. The van der Waals surface area contributed by atoms with Crippen molar-refractivity contribution in [1.29, 1.82) is 0 Å². The summed E-state index contributed by atoms with van der Waals surface area (Å²) in [5.74, 6) is 0.562. The lowest BCUT2D eigenvalue weighted by atomic mass is 9.97. The Morgan fingerprint density at radius 3 is 2.73 bits per heavy atom. The second kappa shape index (κ2) is 8.12. The topological polar surface area (TPSA) is 99.9 Å². The zero-order chi connectivity index (χ0) is 21.3. The van der Waals surface area contributed by atoms with Gasteiger partial charge in [-0.25, -0.2) is 4.98 Å². The molecule has 0 radical (unpaired) electrons. The van der Waals surface area contributed by atoms with E-state index in [2.05, 4.69) is 20.4 Å². The van der Waals surface area contributed by atoms with Crippen molar-refractivity contribution in [3.8, 4) is 0 Å². The van der Waals surface area contributed by atoms with E-state index >= 15 is 0 Å². The molecule has 2 N–H and O–H groups in total. The quantitative estimate of drug-likeness (QED) is 0.730. The van der Waals surface area contributed by atoms with Gasteiger partial charge in [-0.05, 0) is 63.9 Å². The number of oxime groups is 1.